The Kier molecular flexibility index (Phi) is 7.37. The van der Waals surface area contributed by atoms with Crippen LogP contribution in [-0.4, -0.2) is 36.0 Å². The van der Waals surface area contributed by atoms with Gasteiger partial charge in [-0.1, -0.05) is 17.7 Å². The van der Waals surface area contributed by atoms with Crippen LogP contribution >= 0.6 is 11.6 Å². The third-order valence-corrected chi connectivity index (χ3v) is 5.02. The molecule has 168 valence electrons. The molecule has 0 unspecified atom stereocenters. The summed E-state index contributed by atoms with van der Waals surface area (Å²) in [5.41, 5.74) is 1.77. The molecule has 3 rings (SSSR count). The van der Waals surface area contributed by atoms with Gasteiger partial charge in [0.15, 0.2) is 6.10 Å². The number of carbonyl (C=O) groups excluding carboxylic acids is 1. The van der Waals surface area contributed by atoms with Crippen LogP contribution in [0.3, 0.4) is 0 Å². The lowest BCUT2D eigenvalue weighted by Crippen LogP contribution is -2.36. The van der Waals surface area contributed by atoms with Crippen molar-refractivity contribution in [1.82, 2.24) is 15.1 Å². The summed E-state index contributed by atoms with van der Waals surface area (Å²) in [6, 6.07) is 13.3. The van der Waals surface area contributed by atoms with Crippen molar-refractivity contribution in [3.05, 3.63) is 75.0 Å². The molecule has 8 nitrogen and oxygen atoms in total. The summed E-state index contributed by atoms with van der Waals surface area (Å²) in [6.07, 6.45) is -0.856. The maximum Gasteiger partial charge on any atom is 0.271 e. The van der Waals surface area contributed by atoms with Crippen LogP contribution in [0.15, 0.2) is 53.3 Å². The largest absolute Gasteiger partial charge is 0.497 e. The van der Waals surface area contributed by atoms with Gasteiger partial charge in [-0.2, -0.15) is 4.68 Å². The Morgan fingerprint density at radius 3 is 2.62 bits per heavy atom. The molecule has 1 heterocycles. The van der Waals surface area contributed by atoms with Gasteiger partial charge < -0.3 is 19.5 Å². The number of rotatable bonds is 8. The van der Waals surface area contributed by atoms with Gasteiger partial charge in [0.2, 0.25) is 5.88 Å². The molecule has 1 N–H and O–H groups in total. The molecule has 0 aliphatic carbocycles. The van der Waals surface area contributed by atoms with E-state index < -0.39 is 6.10 Å². The second-order valence-electron chi connectivity index (χ2n) is 7.01. The minimum atomic E-state index is -0.856. The SMILES string of the molecule is COc1ccc(OC)c(CNC(=O)[C@H](C)Oc2ccc(=O)n(-c3cc(Cl)ccc3C)n2)c1. The van der Waals surface area contributed by atoms with Crippen LogP contribution in [-0.2, 0) is 11.3 Å². The zero-order valence-corrected chi connectivity index (χ0v) is 19.0. The number of nitrogens with zero attached hydrogens (tertiary/aromatic N) is 2. The highest BCUT2D eigenvalue weighted by Crippen LogP contribution is 2.24. The van der Waals surface area contributed by atoms with E-state index >= 15 is 0 Å². The lowest BCUT2D eigenvalue weighted by molar-refractivity contribution is -0.127. The molecule has 1 atom stereocenters. The van der Waals surface area contributed by atoms with Crippen LogP contribution in [0.25, 0.3) is 5.69 Å². The van der Waals surface area contributed by atoms with Gasteiger partial charge in [0.25, 0.3) is 11.5 Å². The van der Waals surface area contributed by atoms with E-state index in [4.69, 9.17) is 25.8 Å². The third-order valence-electron chi connectivity index (χ3n) is 4.78. The molecular weight excluding hydrogens is 434 g/mol. The van der Waals surface area contributed by atoms with Gasteiger partial charge in [-0.05, 0) is 49.7 Å². The Labute approximate surface area is 190 Å². The van der Waals surface area contributed by atoms with E-state index in [1.807, 2.05) is 6.92 Å². The monoisotopic (exact) mass is 457 g/mol. The fraction of sp³-hybridized carbons (Fsp3) is 0.261. The van der Waals surface area contributed by atoms with Crippen LogP contribution in [0.4, 0.5) is 0 Å². The molecule has 0 saturated carbocycles. The van der Waals surface area contributed by atoms with Crippen LogP contribution in [0.2, 0.25) is 5.02 Å². The molecule has 0 aliphatic rings. The quantitative estimate of drug-likeness (QED) is 0.558. The first-order valence-electron chi connectivity index (χ1n) is 9.84. The summed E-state index contributed by atoms with van der Waals surface area (Å²) >= 11 is 6.07. The second kappa shape index (κ2) is 10.2. The van der Waals surface area contributed by atoms with Crippen LogP contribution in [0, 0.1) is 6.92 Å². The van der Waals surface area contributed by atoms with Crippen molar-refractivity contribution in [2.24, 2.45) is 0 Å². The Morgan fingerprint density at radius 2 is 1.91 bits per heavy atom. The molecule has 0 spiro atoms. The summed E-state index contributed by atoms with van der Waals surface area (Å²) in [5, 5.41) is 7.53. The van der Waals surface area contributed by atoms with E-state index in [-0.39, 0.29) is 23.9 Å². The highest BCUT2D eigenvalue weighted by Gasteiger charge is 2.17. The van der Waals surface area contributed by atoms with Crippen molar-refractivity contribution in [2.45, 2.75) is 26.5 Å². The molecular formula is C23H24ClN3O5. The molecule has 0 fully saturated rings. The number of aryl methyl sites for hydroxylation is 1. The number of aromatic nitrogens is 2. The van der Waals surface area contributed by atoms with Crippen LogP contribution < -0.4 is 25.1 Å². The minimum absolute atomic E-state index is 0.130. The maximum atomic E-state index is 12.6. The summed E-state index contributed by atoms with van der Waals surface area (Å²) in [7, 11) is 3.12. The van der Waals surface area contributed by atoms with Gasteiger partial charge in [-0.3, -0.25) is 9.59 Å². The van der Waals surface area contributed by atoms with Crippen molar-refractivity contribution in [1.29, 1.82) is 0 Å². The summed E-state index contributed by atoms with van der Waals surface area (Å²) in [4.78, 5) is 24.9. The molecule has 0 saturated heterocycles. The van der Waals surface area contributed by atoms with E-state index in [9.17, 15) is 9.59 Å². The predicted octanol–water partition coefficient (Wildman–Crippen LogP) is 3.30. The molecule has 0 aliphatic heterocycles. The Bertz CT molecular complexity index is 1180. The molecule has 9 heteroatoms. The van der Waals surface area contributed by atoms with E-state index in [1.165, 1.54) is 16.8 Å². The predicted molar refractivity (Wildman–Crippen MR) is 121 cm³/mol. The van der Waals surface area contributed by atoms with Crippen molar-refractivity contribution in [2.75, 3.05) is 14.2 Å². The van der Waals surface area contributed by atoms with Crippen molar-refractivity contribution in [3.8, 4) is 23.1 Å². The lowest BCUT2D eigenvalue weighted by atomic mass is 10.2. The van der Waals surface area contributed by atoms with Gasteiger partial charge in [0.1, 0.15) is 11.5 Å². The van der Waals surface area contributed by atoms with Gasteiger partial charge in [-0.25, -0.2) is 0 Å². The number of methoxy groups -OCH3 is 2. The van der Waals surface area contributed by atoms with E-state index in [0.717, 1.165) is 11.1 Å². The molecule has 3 aromatic rings. The second-order valence-corrected chi connectivity index (χ2v) is 7.44. The van der Waals surface area contributed by atoms with Gasteiger partial charge in [0.05, 0.1) is 19.9 Å². The van der Waals surface area contributed by atoms with E-state index in [1.54, 1.807) is 57.5 Å². The van der Waals surface area contributed by atoms with Gasteiger partial charge in [-0.15, -0.1) is 5.10 Å². The summed E-state index contributed by atoms with van der Waals surface area (Å²) in [6.45, 7) is 3.66. The first-order valence-corrected chi connectivity index (χ1v) is 10.2. The summed E-state index contributed by atoms with van der Waals surface area (Å²) in [5.74, 6) is 1.06. The molecule has 0 bridgehead atoms. The zero-order valence-electron chi connectivity index (χ0n) is 18.2. The van der Waals surface area contributed by atoms with E-state index in [2.05, 4.69) is 10.4 Å². The van der Waals surface area contributed by atoms with Crippen LogP contribution in [0.1, 0.15) is 18.1 Å². The average molecular weight is 458 g/mol. The van der Waals surface area contributed by atoms with E-state index in [0.29, 0.717) is 22.2 Å². The molecule has 1 amide bonds. The molecule has 2 aromatic carbocycles. The average Bonchev–Trinajstić information content (AvgIpc) is 2.80. The Morgan fingerprint density at radius 1 is 1.12 bits per heavy atom. The number of benzene rings is 2. The number of ether oxygens (including phenoxy) is 3. The highest BCUT2D eigenvalue weighted by molar-refractivity contribution is 6.30. The Hall–Kier alpha value is -3.52. The normalized spacial score (nSPS) is 11.5. The standard InChI is InChI=1S/C23H24ClN3O5/c1-14-5-6-17(24)12-19(14)27-22(28)10-9-21(26-27)32-15(2)23(29)25-13-16-11-18(30-3)7-8-20(16)31-4/h5-12,15H,13H2,1-4H3,(H,25,29)/t15-/m0/s1. The van der Waals surface area contributed by atoms with Crippen molar-refractivity contribution in [3.63, 3.8) is 0 Å². The highest BCUT2D eigenvalue weighted by atomic mass is 35.5. The Balaban J connectivity index is 1.72. The number of hydrogen-bond donors (Lipinski definition) is 1. The first-order chi connectivity index (χ1) is 15.3. The minimum Gasteiger partial charge on any atom is -0.497 e. The number of nitrogens with one attached hydrogen (secondary N) is 1. The summed E-state index contributed by atoms with van der Waals surface area (Å²) < 4.78 is 17.4. The number of amides is 1. The number of hydrogen-bond acceptors (Lipinski definition) is 6. The smallest absolute Gasteiger partial charge is 0.271 e. The van der Waals surface area contributed by atoms with Crippen molar-refractivity contribution >= 4 is 17.5 Å². The zero-order chi connectivity index (χ0) is 23.3. The first kappa shape index (κ1) is 23.1. The lowest BCUT2D eigenvalue weighted by Gasteiger charge is -2.16. The van der Waals surface area contributed by atoms with Crippen LogP contribution in [0.5, 0.6) is 17.4 Å². The number of halogens is 1. The fourth-order valence-corrected chi connectivity index (χ4v) is 3.19. The maximum absolute atomic E-state index is 12.6. The topological polar surface area (TPSA) is 91.7 Å². The van der Waals surface area contributed by atoms with Crippen molar-refractivity contribution < 1.29 is 19.0 Å². The molecule has 32 heavy (non-hydrogen) atoms. The fourth-order valence-electron chi connectivity index (χ4n) is 3.02. The van der Waals surface area contributed by atoms with Gasteiger partial charge in [0, 0.05) is 29.3 Å². The number of carbonyl (C=O) groups is 1. The molecule has 0 radical (unpaired) electrons. The third kappa shape index (κ3) is 5.39. The molecule has 1 aromatic heterocycles. The van der Waals surface area contributed by atoms with Gasteiger partial charge >= 0.3 is 0 Å².